The molecule has 1 rings (SSSR count). The summed E-state index contributed by atoms with van der Waals surface area (Å²) in [6, 6.07) is 0.122. The second-order valence-electron chi connectivity index (χ2n) is 5.05. The SMILES string of the molecule is CCNC1CCCCCCC1S(=O)(=O)CCOC. The Morgan fingerprint density at radius 2 is 1.83 bits per heavy atom. The van der Waals surface area contributed by atoms with Gasteiger partial charge in [-0.15, -0.1) is 0 Å². The van der Waals surface area contributed by atoms with Gasteiger partial charge < -0.3 is 10.1 Å². The molecule has 0 radical (unpaired) electrons. The summed E-state index contributed by atoms with van der Waals surface area (Å²) >= 11 is 0. The molecule has 0 aromatic heterocycles. The van der Waals surface area contributed by atoms with Crippen LogP contribution in [-0.2, 0) is 14.6 Å². The van der Waals surface area contributed by atoms with E-state index >= 15 is 0 Å². The average Bonchev–Trinajstić information content (AvgIpc) is 2.30. The van der Waals surface area contributed by atoms with Gasteiger partial charge in [0.25, 0.3) is 0 Å². The van der Waals surface area contributed by atoms with Crippen LogP contribution in [0.25, 0.3) is 0 Å². The van der Waals surface area contributed by atoms with Crippen LogP contribution in [0.3, 0.4) is 0 Å². The topological polar surface area (TPSA) is 55.4 Å². The number of nitrogens with one attached hydrogen (secondary N) is 1. The fraction of sp³-hybridized carbons (Fsp3) is 1.00. The van der Waals surface area contributed by atoms with Gasteiger partial charge in [0.2, 0.25) is 0 Å². The highest BCUT2D eigenvalue weighted by Crippen LogP contribution is 2.23. The summed E-state index contributed by atoms with van der Waals surface area (Å²) in [6.07, 6.45) is 6.32. The monoisotopic (exact) mass is 277 g/mol. The van der Waals surface area contributed by atoms with Crippen LogP contribution in [0.15, 0.2) is 0 Å². The largest absolute Gasteiger partial charge is 0.384 e. The van der Waals surface area contributed by atoms with Crippen LogP contribution in [0, 0.1) is 0 Å². The minimum atomic E-state index is -3.04. The maximum Gasteiger partial charge on any atom is 0.156 e. The maximum absolute atomic E-state index is 12.4. The molecule has 0 aromatic rings. The molecule has 0 aromatic carbocycles. The average molecular weight is 277 g/mol. The molecular formula is C13H27NO3S. The molecule has 0 amide bonds. The van der Waals surface area contributed by atoms with Crippen LogP contribution >= 0.6 is 0 Å². The molecule has 5 heteroatoms. The van der Waals surface area contributed by atoms with Gasteiger partial charge in [0.1, 0.15) is 0 Å². The number of hydrogen-bond acceptors (Lipinski definition) is 4. The summed E-state index contributed by atoms with van der Waals surface area (Å²) in [5.74, 6) is 0.149. The third-order valence-corrected chi connectivity index (χ3v) is 5.92. The Morgan fingerprint density at radius 3 is 2.44 bits per heavy atom. The highest BCUT2D eigenvalue weighted by atomic mass is 32.2. The molecule has 0 bridgehead atoms. The Balaban J connectivity index is 2.75. The molecule has 0 heterocycles. The smallest absolute Gasteiger partial charge is 0.156 e. The van der Waals surface area contributed by atoms with Crippen molar-refractivity contribution < 1.29 is 13.2 Å². The first-order valence-electron chi connectivity index (χ1n) is 7.05. The van der Waals surface area contributed by atoms with Crippen molar-refractivity contribution in [2.75, 3.05) is 26.0 Å². The summed E-state index contributed by atoms with van der Waals surface area (Å²) in [6.45, 7) is 3.18. The van der Waals surface area contributed by atoms with E-state index < -0.39 is 9.84 Å². The minimum Gasteiger partial charge on any atom is -0.384 e. The zero-order valence-electron chi connectivity index (χ0n) is 11.7. The van der Waals surface area contributed by atoms with E-state index in [9.17, 15) is 8.42 Å². The van der Waals surface area contributed by atoms with Crippen molar-refractivity contribution in [2.24, 2.45) is 0 Å². The Bertz CT molecular complexity index is 316. The van der Waals surface area contributed by atoms with Gasteiger partial charge in [0.05, 0.1) is 17.6 Å². The molecule has 1 saturated carbocycles. The van der Waals surface area contributed by atoms with E-state index in [2.05, 4.69) is 5.32 Å². The summed E-state index contributed by atoms with van der Waals surface area (Å²) in [4.78, 5) is 0. The molecule has 1 N–H and O–H groups in total. The van der Waals surface area contributed by atoms with E-state index in [1.165, 1.54) is 6.42 Å². The van der Waals surface area contributed by atoms with E-state index in [0.717, 1.165) is 38.6 Å². The molecule has 0 aliphatic heterocycles. The molecule has 18 heavy (non-hydrogen) atoms. The van der Waals surface area contributed by atoms with Crippen molar-refractivity contribution in [3.63, 3.8) is 0 Å². The Labute approximate surface area is 111 Å². The molecule has 1 aliphatic rings. The van der Waals surface area contributed by atoms with Gasteiger partial charge in [0, 0.05) is 13.2 Å². The third kappa shape index (κ3) is 4.86. The van der Waals surface area contributed by atoms with Crippen molar-refractivity contribution in [1.29, 1.82) is 0 Å². The summed E-state index contributed by atoms with van der Waals surface area (Å²) in [5.41, 5.74) is 0. The first-order valence-corrected chi connectivity index (χ1v) is 8.77. The number of methoxy groups -OCH3 is 1. The van der Waals surface area contributed by atoms with Gasteiger partial charge in [-0.1, -0.05) is 32.6 Å². The van der Waals surface area contributed by atoms with Gasteiger partial charge in [-0.25, -0.2) is 8.42 Å². The second-order valence-corrected chi connectivity index (χ2v) is 7.39. The normalized spacial score (nSPS) is 26.6. The third-order valence-electron chi connectivity index (χ3n) is 3.70. The Kier molecular flexibility index (Phi) is 7.19. The first-order chi connectivity index (χ1) is 8.61. The number of sulfone groups is 1. The van der Waals surface area contributed by atoms with Gasteiger partial charge in [-0.05, 0) is 19.4 Å². The summed E-state index contributed by atoms with van der Waals surface area (Å²) in [7, 11) is -1.49. The predicted octanol–water partition coefficient (Wildman–Crippen LogP) is 1.75. The molecule has 2 unspecified atom stereocenters. The number of ether oxygens (including phenoxy) is 1. The van der Waals surface area contributed by atoms with E-state index in [4.69, 9.17) is 4.74 Å². The molecular weight excluding hydrogens is 250 g/mol. The van der Waals surface area contributed by atoms with Crippen molar-refractivity contribution in [3.8, 4) is 0 Å². The second kappa shape index (κ2) is 8.12. The lowest BCUT2D eigenvalue weighted by atomic mass is 9.96. The summed E-state index contributed by atoms with van der Waals surface area (Å²) in [5, 5.41) is 3.14. The molecule has 4 nitrogen and oxygen atoms in total. The fourth-order valence-electron chi connectivity index (χ4n) is 2.73. The molecule has 0 saturated heterocycles. The van der Waals surface area contributed by atoms with Gasteiger partial charge in [-0.2, -0.15) is 0 Å². The number of rotatable bonds is 6. The highest BCUT2D eigenvalue weighted by Gasteiger charge is 2.32. The highest BCUT2D eigenvalue weighted by molar-refractivity contribution is 7.92. The van der Waals surface area contributed by atoms with Crippen molar-refractivity contribution >= 4 is 9.84 Å². The first kappa shape index (κ1) is 15.9. The lowest BCUT2D eigenvalue weighted by Gasteiger charge is -2.29. The van der Waals surface area contributed by atoms with Gasteiger partial charge >= 0.3 is 0 Å². The van der Waals surface area contributed by atoms with E-state index in [1.54, 1.807) is 7.11 Å². The van der Waals surface area contributed by atoms with Crippen LogP contribution in [0.1, 0.15) is 45.4 Å². The maximum atomic E-state index is 12.4. The fourth-order valence-corrected chi connectivity index (χ4v) is 4.69. The number of hydrogen-bond donors (Lipinski definition) is 1. The van der Waals surface area contributed by atoms with Gasteiger partial charge in [0.15, 0.2) is 9.84 Å². The lowest BCUT2D eigenvalue weighted by Crippen LogP contribution is -2.46. The van der Waals surface area contributed by atoms with E-state index in [-0.39, 0.29) is 17.0 Å². The standard InChI is InChI=1S/C13H27NO3S/c1-3-14-12-8-6-4-5-7-9-13(12)18(15,16)11-10-17-2/h12-14H,3-11H2,1-2H3. The molecule has 2 atom stereocenters. The van der Waals surface area contributed by atoms with E-state index in [1.807, 2.05) is 6.92 Å². The van der Waals surface area contributed by atoms with E-state index in [0.29, 0.717) is 6.61 Å². The summed E-state index contributed by atoms with van der Waals surface area (Å²) < 4.78 is 29.7. The van der Waals surface area contributed by atoms with Gasteiger partial charge in [-0.3, -0.25) is 0 Å². The van der Waals surface area contributed by atoms with Crippen LogP contribution in [0.2, 0.25) is 0 Å². The molecule has 1 fully saturated rings. The predicted molar refractivity (Wildman–Crippen MR) is 74.6 cm³/mol. The Hall–Kier alpha value is -0.130. The van der Waals surface area contributed by atoms with Crippen molar-refractivity contribution in [2.45, 2.75) is 56.7 Å². The van der Waals surface area contributed by atoms with Crippen LogP contribution < -0.4 is 5.32 Å². The molecule has 108 valence electrons. The molecule has 0 spiro atoms. The van der Waals surface area contributed by atoms with Crippen molar-refractivity contribution in [1.82, 2.24) is 5.32 Å². The van der Waals surface area contributed by atoms with Crippen molar-refractivity contribution in [3.05, 3.63) is 0 Å². The Morgan fingerprint density at radius 1 is 1.17 bits per heavy atom. The quantitative estimate of drug-likeness (QED) is 0.803. The van der Waals surface area contributed by atoms with Crippen LogP contribution in [-0.4, -0.2) is 45.7 Å². The van der Waals surface area contributed by atoms with Crippen LogP contribution in [0.4, 0.5) is 0 Å². The minimum absolute atomic E-state index is 0.122. The zero-order valence-corrected chi connectivity index (χ0v) is 12.5. The van der Waals surface area contributed by atoms with Crippen LogP contribution in [0.5, 0.6) is 0 Å². The zero-order chi connectivity index (χ0) is 13.4. The molecule has 1 aliphatic carbocycles. The lowest BCUT2D eigenvalue weighted by molar-refractivity contribution is 0.216.